The van der Waals surface area contributed by atoms with E-state index in [0.717, 1.165) is 23.0 Å². The monoisotopic (exact) mass is 246 g/mol. The van der Waals surface area contributed by atoms with Crippen LogP contribution in [0.2, 0.25) is 0 Å². The molecule has 0 aliphatic carbocycles. The Labute approximate surface area is 107 Å². The summed E-state index contributed by atoms with van der Waals surface area (Å²) in [5.41, 5.74) is 1.79. The van der Waals surface area contributed by atoms with Gasteiger partial charge in [0.25, 0.3) is 0 Å². The quantitative estimate of drug-likeness (QED) is 0.832. The Bertz CT molecular complexity index is 532. The van der Waals surface area contributed by atoms with E-state index in [1.807, 2.05) is 51.1 Å². The summed E-state index contributed by atoms with van der Waals surface area (Å²) in [6.07, 6.45) is 0.106. The van der Waals surface area contributed by atoms with Crippen LogP contribution in [-0.2, 0) is 0 Å². The molecule has 0 aliphatic heterocycles. The second kappa shape index (κ2) is 5.12. The fourth-order valence-corrected chi connectivity index (χ4v) is 1.78. The molecule has 0 N–H and O–H groups in total. The van der Waals surface area contributed by atoms with Crippen LogP contribution in [0.4, 0.5) is 0 Å². The largest absolute Gasteiger partial charge is 0.494 e. The van der Waals surface area contributed by atoms with Gasteiger partial charge in [-0.25, -0.2) is 0 Å². The first-order chi connectivity index (χ1) is 8.61. The molecule has 18 heavy (non-hydrogen) atoms. The lowest BCUT2D eigenvalue weighted by Gasteiger charge is -2.13. The molecule has 0 spiro atoms. The number of hydrogen-bond acceptors (Lipinski definition) is 3. The van der Waals surface area contributed by atoms with Gasteiger partial charge in [-0.2, -0.15) is 9.78 Å². The van der Waals surface area contributed by atoms with Crippen LogP contribution >= 0.6 is 0 Å². The first-order valence-corrected chi connectivity index (χ1v) is 5.98. The van der Waals surface area contributed by atoms with Crippen LogP contribution in [-0.4, -0.2) is 23.0 Å². The van der Waals surface area contributed by atoms with Gasteiger partial charge in [-0.05, 0) is 32.9 Å². The highest BCUT2D eigenvalue weighted by Crippen LogP contribution is 2.27. The fourth-order valence-electron chi connectivity index (χ4n) is 1.78. The highest BCUT2D eigenvalue weighted by atomic mass is 16.5. The second-order valence-electron chi connectivity index (χ2n) is 4.37. The van der Waals surface area contributed by atoms with Gasteiger partial charge < -0.3 is 9.47 Å². The molecule has 0 saturated heterocycles. The maximum Gasteiger partial charge on any atom is 0.217 e. The molecule has 0 atom stereocenters. The lowest BCUT2D eigenvalue weighted by molar-refractivity contribution is 0.225. The third-order valence-corrected chi connectivity index (χ3v) is 2.47. The van der Waals surface area contributed by atoms with Gasteiger partial charge in [0.15, 0.2) is 0 Å². The topological polar surface area (TPSA) is 36.3 Å². The van der Waals surface area contributed by atoms with Crippen LogP contribution in [0.15, 0.2) is 30.3 Å². The molecular formula is C14H18N2O2. The number of hydrogen-bond donors (Lipinski definition) is 0. The fraction of sp³-hybridized carbons (Fsp3) is 0.357. The van der Waals surface area contributed by atoms with E-state index in [-0.39, 0.29) is 6.10 Å². The third-order valence-electron chi connectivity index (χ3n) is 2.47. The maximum atomic E-state index is 5.76. The van der Waals surface area contributed by atoms with E-state index in [1.165, 1.54) is 0 Å². The van der Waals surface area contributed by atoms with Crippen LogP contribution in [0.25, 0.3) is 5.69 Å². The summed E-state index contributed by atoms with van der Waals surface area (Å²) in [5.74, 6) is 1.50. The van der Waals surface area contributed by atoms with Crippen LogP contribution < -0.4 is 9.47 Å². The van der Waals surface area contributed by atoms with Gasteiger partial charge in [0.2, 0.25) is 5.88 Å². The first kappa shape index (κ1) is 12.5. The van der Waals surface area contributed by atoms with Crippen molar-refractivity contribution in [3.8, 4) is 17.3 Å². The van der Waals surface area contributed by atoms with Gasteiger partial charge in [-0.15, -0.1) is 0 Å². The van der Waals surface area contributed by atoms with Crippen LogP contribution in [0.3, 0.4) is 0 Å². The number of nitrogens with zero attached hydrogens (tertiary/aromatic N) is 2. The molecule has 96 valence electrons. The molecule has 4 nitrogen and oxygen atoms in total. The highest BCUT2D eigenvalue weighted by molar-refractivity contribution is 5.48. The summed E-state index contributed by atoms with van der Waals surface area (Å²) < 4.78 is 12.9. The van der Waals surface area contributed by atoms with Crippen molar-refractivity contribution in [3.63, 3.8) is 0 Å². The van der Waals surface area contributed by atoms with Crippen molar-refractivity contribution in [2.45, 2.75) is 26.9 Å². The molecule has 1 heterocycles. The standard InChI is InChI=1S/C14H18N2O2/c1-10(2)18-14-9-11(3)15-16(14)12-7-5-6-8-13(12)17-4/h5-10H,1-4H3. The number of methoxy groups -OCH3 is 1. The Morgan fingerprint density at radius 3 is 2.61 bits per heavy atom. The number of rotatable bonds is 4. The van der Waals surface area contributed by atoms with Gasteiger partial charge in [-0.1, -0.05) is 12.1 Å². The Morgan fingerprint density at radius 2 is 1.94 bits per heavy atom. The zero-order valence-corrected chi connectivity index (χ0v) is 11.2. The zero-order chi connectivity index (χ0) is 13.1. The molecule has 0 aliphatic rings. The first-order valence-electron chi connectivity index (χ1n) is 5.98. The molecule has 4 heteroatoms. The van der Waals surface area contributed by atoms with Gasteiger partial charge in [0.05, 0.1) is 18.9 Å². The minimum Gasteiger partial charge on any atom is -0.494 e. The minimum atomic E-state index is 0.106. The van der Waals surface area contributed by atoms with Crippen molar-refractivity contribution in [1.29, 1.82) is 0 Å². The maximum absolute atomic E-state index is 5.76. The van der Waals surface area contributed by atoms with Gasteiger partial charge in [-0.3, -0.25) is 0 Å². The summed E-state index contributed by atoms with van der Waals surface area (Å²) in [7, 11) is 1.65. The van der Waals surface area contributed by atoms with Gasteiger partial charge >= 0.3 is 0 Å². The average Bonchev–Trinajstić information content (AvgIpc) is 2.69. The Balaban J connectivity index is 2.49. The number of ether oxygens (including phenoxy) is 2. The van der Waals surface area contributed by atoms with Gasteiger partial charge in [0.1, 0.15) is 11.4 Å². The van der Waals surface area contributed by atoms with Crippen LogP contribution in [0.1, 0.15) is 19.5 Å². The molecule has 2 rings (SSSR count). The van der Waals surface area contributed by atoms with Crippen molar-refractivity contribution < 1.29 is 9.47 Å². The highest BCUT2D eigenvalue weighted by Gasteiger charge is 2.13. The van der Waals surface area contributed by atoms with E-state index >= 15 is 0 Å². The van der Waals surface area contributed by atoms with Gasteiger partial charge in [0, 0.05) is 6.07 Å². The van der Waals surface area contributed by atoms with E-state index in [1.54, 1.807) is 11.8 Å². The second-order valence-corrected chi connectivity index (χ2v) is 4.37. The number of para-hydroxylation sites is 2. The predicted octanol–water partition coefficient (Wildman–Crippen LogP) is 2.98. The van der Waals surface area contributed by atoms with Crippen molar-refractivity contribution in [2.24, 2.45) is 0 Å². The SMILES string of the molecule is COc1ccccc1-n1nc(C)cc1OC(C)C. The summed E-state index contributed by atoms with van der Waals surface area (Å²) in [6, 6.07) is 9.67. The minimum absolute atomic E-state index is 0.106. The Morgan fingerprint density at radius 1 is 1.22 bits per heavy atom. The molecule has 0 amide bonds. The number of aryl methyl sites for hydroxylation is 1. The lowest BCUT2D eigenvalue weighted by Crippen LogP contribution is -2.10. The van der Waals surface area contributed by atoms with Crippen molar-refractivity contribution in [3.05, 3.63) is 36.0 Å². The zero-order valence-electron chi connectivity index (χ0n) is 11.2. The third kappa shape index (κ3) is 2.47. The van der Waals surface area contributed by atoms with E-state index in [9.17, 15) is 0 Å². The summed E-state index contributed by atoms with van der Waals surface area (Å²) in [5, 5.41) is 4.45. The molecule has 0 fully saturated rings. The van der Waals surface area contributed by atoms with Crippen molar-refractivity contribution >= 4 is 0 Å². The molecular weight excluding hydrogens is 228 g/mol. The summed E-state index contributed by atoms with van der Waals surface area (Å²) in [6.45, 7) is 5.93. The predicted molar refractivity (Wildman–Crippen MR) is 70.6 cm³/mol. The average molecular weight is 246 g/mol. The van der Waals surface area contributed by atoms with E-state index in [0.29, 0.717) is 0 Å². The van der Waals surface area contributed by atoms with E-state index in [2.05, 4.69) is 5.10 Å². The summed E-state index contributed by atoms with van der Waals surface area (Å²) in [4.78, 5) is 0. The molecule has 0 radical (unpaired) electrons. The normalized spacial score (nSPS) is 10.7. The molecule has 0 bridgehead atoms. The molecule has 1 aromatic carbocycles. The molecule has 2 aromatic rings. The van der Waals surface area contributed by atoms with Crippen molar-refractivity contribution in [2.75, 3.05) is 7.11 Å². The van der Waals surface area contributed by atoms with Crippen LogP contribution in [0.5, 0.6) is 11.6 Å². The van der Waals surface area contributed by atoms with E-state index in [4.69, 9.17) is 9.47 Å². The number of benzene rings is 1. The van der Waals surface area contributed by atoms with Crippen molar-refractivity contribution in [1.82, 2.24) is 9.78 Å². The molecule has 1 aromatic heterocycles. The van der Waals surface area contributed by atoms with Crippen LogP contribution in [0, 0.1) is 6.92 Å². The lowest BCUT2D eigenvalue weighted by atomic mass is 10.3. The van der Waals surface area contributed by atoms with E-state index < -0.39 is 0 Å². The Hall–Kier alpha value is -1.97. The Kier molecular flexibility index (Phi) is 3.55. The number of aromatic nitrogens is 2. The molecule has 0 saturated carbocycles. The smallest absolute Gasteiger partial charge is 0.217 e. The molecule has 0 unspecified atom stereocenters. The summed E-state index contributed by atoms with van der Waals surface area (Å²) >= 11 is 0.